The molecule has 0 saturated carbocycles. The Morgan fingerprint density at radius 3 is 2.30 bits per heavy atom. The maximum atomic E-state index is 13.0. The number of benzene rings is 2. The standard InChI is InChI=1S/C19H24FNO2/c1-14(12-15-4-10-18(23-3)11-5-15)21-13-19(2,22)16-6-8-17(20)9-7-16/h4-11,14,21-22H,12-13H2,1-3H3. The highest BCUT2D eigenvalue weighted by molar-refractivity contribution is 5.27. The first-order chi connectivity index (χ1) is 10.9. The summed E-state index contributed by atoms with van der Waals surface area (Å²) < 4.78 is 18.1. The maximum absolute atomic E-state index is 13.0. The molecule has 23 heavy (non-hydrogen) atoms. The zero-order chi connectivity index (χ0) is 16.9. The molecule has 3 nitrogen and oxygen atoms in total. The van der Waals surface area contributed by atoms with E-state index in [-0.39, 0.29) is 11.9 Å². The van der Waals surface area contributed by atoms with Gasteiger partial charge in [0.2, 0.25) is 0 Å². The van der Waals surface area contributed by atoms with E-state index in [4.69, 9.17) is 4.74 Å². The van der Waals surface area contributed by atoms with E-state index < -0.39 is 5.60 Å². The van der Waals surface area contributed by atoms with E-state index in [0.29, 0.717) is 12.1 Å². The molecular formula is C19H24FNO2. The van der Waals surface area contributed by atoms with E-state index in [1.165, 1.54) is 17.7 Å². The summed E-state index contributed by atoms with van der Waals surface area (Å²) in [5, 5.41) is 13.9. The predicted molar refractivity (Wildman–Crippen MR) is 90.1 cm³/mol. The number of methoxy groups -OCH3 is 1. The molecule has 2 atom stereocenters. The van der Waals surface area contributed by atoms with Gasteiger partial charge in [0.05, 0.1) is 12.7 Å². The molecule has 0 fully saturated rings. The Kier molecular flexibility index (Phi) is 5.74. The Hall–Kier alpha value is -1.91. The number of nitrogens with one attached hydrogen (secondary N) is 1. The molecule has 4 heteroatoms. The van der Waals surface area contributed by atoms with Crippen molar-refractivity contribution in [3.63, 3.8) is 0 Å². The van der Waals surface area contributed by atoms with Crippen LogP contribution in [0, 0.1) is 5.82 Å². The summed E-state index contributed by atoms with van der Waals surface area (Å²) in [7, 11) is 1.65. The molecule has 0 heterocycles. The van der Waals surface area contributed by atoms with Crippen LogP contribution in [0.4, 0.5) is 4.39 Å². The molecule has 0 aliphatic rings. The molecule has 0 saturated heterocycles. The predicted octanol–water partition coefficient (Wildman–Crippen LogP) is 3.26. The average molecular weight is 317 g/mol. The lowest BCUT2D eigenvalue weighted by Crippen LogP contribution is -2.40. The van der Waals surface area contributed by atoms with E-state index in [0.717, 1.165) is 12.2 Å². The normalized spacial score (nSPS) is 15.0. The first kappa shape index (κ1) is 17.4. The fraction of sp³-hybridized carbons (Fsp3) is 0.368. The van der Waals surface area contributed by atoms with Crippen molar-refractivity contribution in [3.8, 4) is 5.75 Å². The zero-order valence-electron chi connectivity index (χ0n) is 13.8. The molecular weight excluding hydrogens is 293 g/mol. The van der Waals surface area contributed by atoms with Gasteiger partial charge in [0, 0.05) is 12.6 Å². The maximum Gasteiger partial charge on any atom is 0.123 e. The van der Waals surface area contributed by atoms with Gasteiger partial charge in [-0.15, -0.1) is 0 Å². The van der Waals surface area contributed by atoms with Gasteiger partial charge >= 0.3 is 0 Å². The van der Waals surface area contributed by atoms with Crippen LogP contribution in [0.25, 0.3) is 0 Å². The van der Waals surface area contributed by atoms with Crippen LogP contribution in [0.2, 0.25) is 0 Å². The first-order valence-corrected chi connectivity index (χ1v) is 7.75. The van der Waals surface area contributed by atoms with Crippen LogP contribution in [0.1, 0.15) is 25.0 Å². The second-order valence-corrected chi connectivity index (χ2v) is 6.11. The summed E-state index contributed by atoms with van der Waals surface area (Å²) in [5.41, 5.74) is 0.859. The molecule has 2 aromatic rings. The van der Waals surface area contributed by atoms with Crippen LogP contribution < -0.4 is 10.1 Å². The lowest BCUT2D eigenvalue weighted by molar-refractivity contribution is 0.0543. The van der Waals surface area contributed by atoms with Gasteiger partial charge in [-0.3, -0.25) is 0 Å². The number of ether oxygens (including phenoxy) is 1. The quantitative estimate of drug-likeness (QED) is 0.823. The summed E-state index contributed by atoms with van der Waals surface area (Å²) in [4.78, 5) is 0. The van der Waals surface area contributed by atoms with Crippen LogP contribution in [-0.4, -0.2) is 24.8 Å². The Morgan fingerprint density at radius 1 is 1.13 bits per heavy atom. The Bertz CT molecular complexity index is 608. The van der Waals surface area contributed by atoms with Gasteiger partial charge in [-0.25, -0.2) is 4.39 Å². The smallest absolute Gasteiger partial charge is 0.123 e. The van der Waals surface area contributed by atoms with Gasteiger partial charge in [-0.1, -0.05) is 24.3 Å². The van der Waals surface area contributed by atoms with Crippen LogP contribution in [0.15, 0.2) is 48.5 Å². The lowest BCUT2D eigenvalue weighted by Gasteiger charge is -2.26. The molecule has 0 amide bonds. The Morgan fingerprint density at radius 2 is 1.74 bits per heavy atom. The van der Waals surface area contributed by atoms with Gasteiger partial charge in [-0.05, 0) is 55.7 Å². The third kappa shape index (κ3) is 5.05. The van der Waals surface area contributed by atoms with Gasteiger partial charge in [0.15, 0.2) is 0 Å². The molecule has 0 aliphatic heterocycles. The monoisotopic (exact) mass is 317 g/mol. The second-order valence-electron chi connectivity index (χ2n) is 6.11. The van der Waals surface area contributed by atoms with E-state index >= 15 is 0 Å². The van der Waals surface area contributed by atoms with Crippen molar-refractivity contribution in [1.82, 2.24) is 5.32 Å². The fourth-order valence-electron chi connectivity index (χ4n) is 2.47. The van der Waals surface area contributed by atoms with Crippen molar-refractivity contribution in [1.29, 1.82) is 0 Å². The summed E-state index contributed by atoms with van der Waals surface area (Å²) >= 11 is 0. The highest BCUT2D eigenvalue weighted by Crippen LogP contribution is 2.20. The van der Waals surface area contributed by atoms with E-state index in [1.54, 1.807) is 26.2 Å². The number of hydrogen-bond donors (Lipinski definition) is 2. The largest absolute Gasteiger partial charge is 0.497 e. The average Bonchev–Trinajstić information content (AvgIpc) is 2.54. The molecule has 0 aliphatic carbocycles. The highest BCUT2D eigenvalue weighted by atomic mass is 19.1. The summed E-state index contributed by atoms with van der Waals surface area (Å²) in [6.45, 7) is 4.20. The Labute approximate surface area is 137 Å². The van der Waals surface area contributed by atoms with Crippen molar-refractivity contribution in [2.75, 3.05) is 13.7 Å². The molecule has 2 aromatic carbocycles. The molecule has 0 radical (unpaired) electrons. The molecule has 0 bridgehead atoms. The van der Waals surface area contributed by atoms with Crippen molar-refractivity contribution in [2.24, 2.45) is 0 Å². The van der Waals surface area contributed by atoms with Crippen LogP contribution >= 0.6 is 0 Å². The number of hydrogen-bond acceptors (Lipinski definition) is 3. The molecule has 0 spiro atoms. The van der Waals surface area contributed by atoms with Crippen molar-refractivity contribution in [3.05, 3.63) is 65.5 Å². The van der Waals surface area contributed by atoms with E-state index in [9.17, 15) is 9.50 Å². The minimum atomic E-state index is -1.04. The lowest BCUT2D eigenvalue weighted by atomic mass is 9.95. The summed E-state index contributed by atoms with van der Waals surface area (Å²) in [6, 6.07) is 14.1. The molecule has 124 valence electrons. The summed E-state index contributed by atoms with van der Waals surface area (Å²) in [5.74, 6) is 0.541. The van der Waals surface area contributed by atoms with E-state index in [2.05, 4.69) is 12.2 Å². The molecule has 0 aromatic heterocycles. The van der Waals surface area contributed by atoms with Crippen molar-refractivity contribution in [2.45, 2.75) is 31.9 Å². The SMILES string of the molecule is COc1ccc(CC(C)NCC(C)(O)c2ccc(F)cc2)cc1. The van der Waals surface area contributed by atoms with Crippen molar-refractivity contribution >= 4 is 0 Å². The topological polar surface area (TPSA) is 41.5 Å². The zero-order valence-corrected chi connectivity index (χ0v) is 13.8. The molecule has 2 unspecified atom stereocenters. The number of aliphatic hydroxyl groups is 1. The van der Waals surface area contributed by atoms with Crippen LogP contribution in [-0.2, 0) is 12.0 Å². The first-order valence-electron chi connectivity index (χ1n) is 7.75. The van der Waals surface area contributed by atoms with Gasteiger partial charge in [0.1, 0.15) is 11.6 Å². The van der Waals surface area contributed by atoms with Crippen LogP contribution in [0.5, 0.6) is 5.75 Å². The minimum Gasteiger partial charge on any atom is -0.497 e. The number of rotatable bonds is 7. The summed E-state index contributed by atoms with van der Waals surface area (Å²) in [6.07, 6.45) is 0.851. The Balaban J connectivity index is 1.89. The van der Waals surface area contributed by atoms with Crippen LogP contribution in [0.3, 0.4) is 0 Å². The molecule has 2 rings (SSSR count). The van der Waals surface area contributed by atoms with Gasteiger partial charge in [0.25, 0.3) is 0 Å². The second kappa shape index (κ2) is 7.57. The molecule has 2 N–H and O–H groups in total. The van der Waals surface area contributed by atoms with Gasteiger partial charge in [-0.2, -0.15) is 0 Å². The third-order valence-electron chi connectivity index (χ3n) is 3.96. The third-order valence-corrected chi connectivity index (χ3v) is 3.96. The van der Waals surface area contributed by atoms with Gasteiger partial charge < -0.3 is 15.2 Å². The number of halogens is 1. The van der Waals surface area contributed by atoms with E-state index in [1.807, 2.05) is 24.3 Å². The minimum absolute atomic E-state index is 0.204. The van der Waals surface area contributed by atoms with Crippen molar-refractivity contribution < 1.29 is 14.2 Å². The fourth-order valence-corrected chi connectivity index (χ4v) is 2.47. The highest BCUT2D eigenvalue weighted by Gasteiger charge is 2.23.